The molecule has 5 nitrogen and oxygen atoms in total. The Hall–Kier alpha value is -3.44. The molecule has 0 saturated heterocycles. The Morgan fingerprint density at radius 2 is 1.74 bits per heavy atom. The van der Waals surface area contributed by atoms with Crippen LogP contribution in [-0.4, -0.2) is 21.0 Å². The number of phenols is 1. The van der Waals surface area contributed by atoms with Crippen molar-refractivity contribution in [2.45, 2.75) is 0 Å². The standard InChI is InChI=1S/C21H14ClN3O2/c22-16-10-11-19(26)15(12-16)13-23-25-20(14-6-2-1-3-7-14)24-18-9-5-4-8-17(18)21(25)27/h1-13,26H. The summed E-state index contributed by atoms with van der Waals surface area (Å²) >= 11 is 5.98. The van der Waals surface area contributed by atoms with Gasteiger partial charge in [0, 0.05) is 16.1 Å². The third kappa shape index (κ3) is 3.32. The summed E-state index contributed by atoms with van der Waals surface area (Å²) in [6.07, 6.45) is 1.39. The Labute approximate surface area is 159 Å². The van der Waals surface area contributed by atoms with Crippen LogP contribution in [0.3, 0.4) is 0 Å². The highest BCUT2D eigenvalue weighted by atomic mass is 35.5. The molecule has 132 valence electrons. The van der Waals surface area contributed by atoms with E-state index in [1.54, 1.807) is 30.3 Å². The number of aromatic hydroxyl groups is 1. The predicted octanol–water partition coefficient (Wildman–Crippen LogP) is 4.30. The molecular weight excluding hydrogens is 362 g/mol. The van der Waals surface area contributed by atoms with Crippen molar-refractivity contribution < 1.29 is 5.11 Å². The van der Waals surface area contributed by atoms with Crippen LogP contribution in [0.1, 0.15) is 5.56 Å². The Balaban J connectivity index is 1.95. The smallest absolute Gasteiger partial charge is 0.282 e. The average molecular weight is 376 g/mol. The summed E-state index contributed by atoms with van der Waals surface area (Å²) in [4.78, 5) is 17.6. The lowest BCUT2D eigenvalue weighted by molar-refractivity contribution is 0.474. The van der Waals surface area contributed by atoms with Crippen LogP contribution in [0.4, 0.5) is 0 Å². The average Bonchev–Trinajstić information content (AvgIpc) is 2.70. The number of aromatic nitrogens is 2. The van der Waals surface area contributed by atoms with Crippen LogP contribution >= 0.6 is 11.6 Å². The third-order valence-electron chi connectivity index (χ3n) is 4.09. The zero-order valence-corrected chi connectivity index (χ0v) is 14.8. The van der Waals surface area contributed by atoms with Crippen molar-refractivity contribution in [2.75, 3.05) is 0 Å². The first kappa shape index (κ1) is 17.0. The summed E-state index contributed by atoms with van der Waals surface area (Å²) in [5, 5.41) is 15.2. The van der Waals surface area contributed by atoms with E-state index in [4.69, 9.17) is 11.6 Å². The van der Waals surface area contributed by atoms with Gasteiger partial charge in [0.1, 0.15) is 5.75 Å². The molecule has 0 atom stereocenters. The molecule has 0 radical (unpaired) electrons. The van der Waals surface area contributed by atoms with Crippen LogP contribution in [0.2, 0.25) is 5.02 Å². The summed E-state index contributed by atoms with van der Waals surface area (Å²) in [5.41, 5.74) is 1.46. The van der Waals surface area contributed by atoms with E-state index in [9.17, 15) is 9.90 Å². The Bertz CT molecular complexity index is 1220. The number of fused-ring (bicyclic) bond motifs is 1. The molecule has 0 aliphatic heterocycles. The van der Waals surface area contributed by atoms with E-state index in [0.29, 0.717) is 27.3 Å². The molecule has 0 bridgehead atoms. The molecule has 0 spiro atoms. The molecule has 0 fully saturated rings. The van der Waals surface area contributed by atoms with Gasteiger partial charge in [-0.15, -0.1) is 0 Å². The first-order valence-corrected chi connectivity index (χ1v) is 8.61. The van der Waals surface area contributed by atoms with Gasteiger partial charge in [0.15, 0.2) is 5.82 Å². The quantitative estimate of drug-likeness (QED) is 0.543. The minimum Gasteiger partial charge on any atom is -0.507 e. The number of phenolic OH excluding ortho intramolecular Hbond substituents is 1. The lowest BCUT2D eigenvalue weighted by Gasteiger charge is -2.09. The Morgan fingerprint density at radius 3 is 2.56 bits per heavy atom. The van der Waals surface area contributed by atoms with Gasteiger partial charge in [0.05, 0.1) is 17.1 Å². The van der Waals surface area contributed by atoms with Crippen molar-refractivity contribution in [1.29, 1.82) is 0 Å². The molecule has 1 N–H and O–H groups in total. The summed E-state index contributed by atoms with van der Waals surface area (Å²) in [6.45, 7) is 0. The van der Waals surface area contributed by atoms with Crippen LogP contribution in [0.15, 0.2) is 82.7 Å². The second-order valence-corrected chi connectivity index (χ2v) is 6.32. The maximum Gasteiger partial charge on any atom is 0.282 e. The maximum atomic E-state index is 13.0. The summed E-state index contributed by atoms with van der Waals surface area (Å²) in [6, 6.07) is 21.1. The molecular formula is C21H14ClN3O2. The summed E-state index contributed by atoms with van der Waals surface area (Å²) in [7, 11) is 0. The van der Waals surface area contributed by atoms with E-state index < -0.39 is 0 Å². The van der Waals surface area contributed by atoms with Gasteiger partial charge in [0.2, 0.25) is 0 Å². The monoisotopic (exact) mass is 375 g/mol. The molecule has 0 unspecified atom stereocenters. The number of hydrogen-bond donors (Lipinski definition) is 1. The topological polar surface area (TPSA) is 67.5 Å². The zero-order chi connectivity index (χ0) is 18.8. The van der Waals surface area contributed by atoms with Crippen molar-refractivity contribution in [1.82, 2.24) is 9.66 Å². The van der Waals surface area contributed by atoms with Crippen molar-refractivity contribution >= 4 is 28.7 Å². The molecule has 1 aromatic heterocycles. The molecule has 0 saturated carbocycles. The molecule has 27 heavy (non-hydrogen) atoms. The molecule has 3 aromatic carbocycles. The maximum absolute atomic E-state index is 13.0. The fraction of sp³-hybridized carbons (Fsp3) is 0. The minimum atomic E-state index is -0.294. The number of rotatable bonds is 3. The van der Waals surface area contributed by atoms with Gasteiger partial charge < -0.3 is 5.11 Å². The third-order valence-corrected chi connectivity index (χ3v) is 4.32. The van der Waals surface area contributed by atoms with Gasteiger partial charge in [-0.2, -0.15) is 9.78 Å². The Kier molecular flexibility index (Phi) is 4.44. The van der Waals surface area contributed by atoms with Crippen LogP contribution in [0, 0.1) is 0 Å². The minimum absolute atomic E-state index is 0.0196. The van der Waals surface area contributed by atoms with E-state index in [2.05, 4.69) is 10.1 Å². The number of nitrogens with zero attached hydrogens (tertiary/aromatic N) is 3. The molecule has 0 aliphatic rings. The van der Waals surface area contributed by atoms with Gasteiger partial charge in [0.25, 0.3) is 5.56 Å². The largest absolute Gasteiger partial charge is 0.507 e. The van der Waals surface area contributed by atoms with Crippen molar-refractivity contribution in [3.8, 4) is 17.1 Å². The van der Waals surface area contributed by atoms with E-state index in [1.165, 1.54) is 17.0 Å². The lowest BCUT2D eigenvalue weighted by Crippen LogP contribution is -2.20. The molecule has 6 heteroatoms. The summed E-state index contributed by atoms with van der Waals surface area (Å²) in [5.74, 6) is 0.434. The fourth-order valence-electron chi connectivity index (χ4n) is 2.75. The van der Waals surface area contributed by atoms with E-state index in [-0.39, 0.29) is 11.3 Å². The van der Waals surface area contributed by atoms with E-state index in [0.717, 1.165) is 5.56 Å². The van der Waals surface area contributed by atoms with Gasteiger partial charge in [-0.25, -0.2) is 4.98 Å². The van der Waals surface area contributed by atoms with Crippen molar-refractivity contribution in [3.63, 3.8) is 0 Å². The second-order valence-electron chi connectivity index (χ2n) is 5.88. The number of benzene rings is 3. The van der Waals surface area contributed by atoms with Gasteiger partial charge in [-0.05, 0) is 30.3 Å². The second kappa shape index (κ2) is 7.05. The number of halogens is 1. The van der Waals surface area contributed by atoms with Crippen LogP contribution in [-0.2, 0) is 0 Å². The SMILES string of the molecule is O=c1c2ccccc2nc(-c2ccccc2)n1N=Cc1cc(Cl)ccc1O. The van der Waals surface area contributed by atoms with Gasteiger partial charge in [-0.3, -0.25) is 4.79 Å². The molecule has 0 aliphatic carbocycles. The highest BCUT2D eigenvalue weighted by Crippen LogP contribution is 2.21. The first-order chi connectivity index (χ1) is 13.1. The highest BCUT2D eigenvalue weighted by Gasteiger charge is 2.12. The highest BCUT2D eigenvalue weighted by molar-refractivity contribution is 6.30. The summed E-state index contributed by atoms with van der Waals surface area (Å²) < 4.78 is 1.23. The van der Waals surface area contributed by atoms with Gasteiger partial charge in [-0.1, -0.05) is 54.1 Å². The predicted molar refractivity (Wildman–Crippen MR) is 108 cm³/mol. The first-order valence-electron chi connectivity index (χ1n) is 8.23. The van der Waals surface area contributed by atoms with Crippen LogP contribution in [0.5, 0.6) is 5.75 Å². The van der Waals surface area contributed by atoms with Crippen LogP contribution in [0.25, 0.3) is 22.3 Å². The Morgan fingerprint density at radius 1 is 1.00 bits per heavy atom. The van der Waals surface area contributed by atoms with Crippen molar-refractivity contribution in [3.05, 3.63) is 93.7 Å². The van der Waals surface area contributed by atoms with E-state index >= 15 is 0 Å². The molecule has 0 amide bonds. The van der Waals surface area contributed by atoms with Gasteiger partial charge >= 0.3 is 0 Å². The number of hydrogen-bond acceptors (Lipinski definition) is 4. The van der Waals surface area contributed by atoms with Crippen molar-refractivity contribution in [2.24, 2.45) is 5.10 Å². The molecule has 1 heterocycles. The molecule has 4 aromatic rings. The normalized spacial score (nSPS) is 11.3. The fourth-order valence-corrected chi connectivity index (χ4v) is 2.93. The molecule has 4 rings (SSSR count). The number of para-hydroxylation sites is 1. The van der Waals surface area contributed by atoms with Crippen LogP contribution < -0.4 is 5.56 Å². The lowest BCUT2D eigenvalue weighted by atomic mass is 10.2. The van der Waals surface area contributed by atoms with E-state index in [1.807, 2.05) is 36.4 Å². The zero-order valence-electron chi connectivity index (χ0n) is 14.1.